The summed E-state index contributed by atoms with van der Waals surface area (Å²) in [7, 11) is 0. The first-order chi connectivity index (χ1) is 11.6. The van der Waals surface area contributed by atoms with Crippen molar-refractivity contribution in [3.05, 3.63) is 35.4 Å². The molecular formula is C21H30O3. The Morgan fingerprint density at radius 2 is 2.12 bits per heavy atom. The number of rotatable bonds is 8. The van der Waals surface area contributed by atoms with Crippen molar-refractivity contribution in [3.63, 3.8) is 0 Å². The summed E-state index contributed by atoms with van der Waals surface area (Å²) < 4.78 is 17.4. The Labute approximate surface area is 146 Å². The van der Waals surface area contributed by atoms with Crippen LogP contribution in [0.3, 0.4) is 0 Å². The molecule has 3 nitrogen and oxygen atoms in total. The molecule has 2 heterocycles. The highest BCUT2D eigenvalue weighted by atomic mass is 16.6. The maximum Gasteiger partial charge on any atom is 0.126 e. The first-order valence-electron chi connectivity index (χ1n) is 9.31. The molecule has 2 aliphatic heterocycles. The predicted octanol–water partition coefficient (Wildman–Crippen LogP) is 5.25. The molecule has 0 aliphatic carbocycles. The van der Waals surface area contributed by atoms with E-state index in [4.69, 9.17) is 14.2 Å². The topological polar surface area (TPSA) is 31.0 Å². The lowest BCUT2D eigenvalue weighted by Gasteiger charge is -2.08. The normalized spacial score (nSPS) is 24.4. The zero-order valence-electron chi connectivity index (χ0n) is 15.4. The summed E-state index contributed by atoms with van der Waals surface area (Å²) in [5, 5.41) is 0. The van der Waals surface area contributed by atoms with E-state index in [9.17, 15) is 0 Å². The Balaban J connectivity index is 1.43. The van der Waals surface area contributed by atoms with E-state index in [1.807, 2.05) is 12.1 Å². The van der Waals surface area contributed by atoms with Crippen molar-refractivity contribution >= 4 is 0 Å². The third-order valence-electron chi connectivity index (χ3n) is 5.59. The highest BCUT2D eigenvalue weighted by Gasteiger charge is 2.52. The van der Waals surface area contributed by atoms with Crippen LogP contribution in [-0.4, -0.2) is 24.9 Å². The Kier molecular flexibility index (Phi) is 5.19. The standard InChI is InChI=1S/C21H30O3/c1-5-21(6-2)20(24-21)10-7-15(3)11-12-22-17-8-9-18-16(4)14-23-19(18)13-17/h8-9,11,13,16,20H,5-7,10,12,14H2,1-4H3. The molecule has 2 atom stereocenters. The van der Waals surface area contributed by atoms with Crippen LogP contribution in [0.2, 0.25) is 0 Å². The predicted molar refractivity (Wildman–Crippen MR) is 97.0 cm³/mol. The monoisotopic (exact) mass is 330 g/mol. The molecule has 1 aromatic rings. The van der Waals surface area contributed by atoms with Crippen LogP contribution in [0, 0.1) is 0 Å². The van der Waals surface area contributed by atoms with Crippen LogP contribution in [0.4, 0.5) is 0 Å². The second-order valence-corrected chi connectivity index (χ2v) is 7.19. The van der Waals surface area contributed by atoms with Crippen LogP contribution >= 0.6 is 0 Å². The van der Waals surface area contributed by atoms with Gasteiger partial charge in [-0.25, -0.2) is 0 Å². The first-order valence-corrected chi connectivity index (χ1v) is 9.31. The lowest BCUT2D eigenvalue weighted by Crippen LogP contribution is -2.12. The van der Waals surface area contributed by atoms with Crippen LogP contribution in [0.15, 0.2) is 29.8 Å². The molecule has 0 bridgehead atoms. The zero-order chi connectivity index (χ0) is 17.2. The first kappa shape index (κ1) is 17.3. The van der Waals surface area contributed by atoms with E-state index in [-0.39, 0.29) is 5.60 Å². The summed E-state index contributed by atoms with van der Waals surface area (Å²) in [6.07, 6.45) is 7.08. The van der Waals surface area contributed by atoms with Crippen molar-refractivity contribution in [2.24, 2.45) is 0 Å². The lowest BCUT2D eigenvalue weighted by atomic mass is 9.95. The highest BCUT2D eigenvalue weighted by Crippen LogP contribution is 2.45. The molecule has 24 heavy (non-hydrogen) atoms. The number of fused-ring (bicyclic) bond motifs is 1. The van der Waals surface area contributed by atoms with Crippen LogP contribution in [-0.2, 0) is 4.74 Å². The number of benzene rings is 1. The van der Waals surface area contributed by atoms with E-state index < -0.39 is 0 Å². The molecule has 2 unspecified atom stereocenters. The quantitative estimate of drug-likeness (QED) is 0.482. The number of ether oxygens (including phenoxy) is 3. The van der Waals surface area contributed by atoms with E-state index in [1.54, 1.807) is 0 Å². The summed E-state index contributed by atoms with van der Waals surface area (Å²) in [6, 6.07) is 6.18. The Morgan fingerprint density at radius 1 is 1.33 bits per heavy atom. The van der Waals surface area contributed by atoms with Gasteiger partial charge in [-0.1, -0.05) is 32.4 Å². The second-order valence-electron chi connectivity index (χ2n) is 7.19. The van der Waals surface area contributed by atoms with Gasteiger partial charge in [0.1, 0.15) is 18.1 Å². The maximum atomic E-state index is 5.91. The van der Waals surface area contributed by atoms with Gasteiger partial charge in [-0.05, 0) is 44.7 Å². The number of allylic oxidation sites excluding steroid dienone is 1. The Bertz CT molecular complexity index is 601. The minimum absolute atomic E-state index is 0.179. The fourth-order valence-corrected chi connectivity index (χ4v) is 3.63. The van der Waals surface area contributed by atoms with Gasteiger partial charge in [0, 0.05) is 17.5 Å². The Morgan fingerprint density at radius 3 is 2.83 bits per heavy atom. The molecule has 0 amide bonds. The molecule has 0 aromatic heterocycles. The molecule has 0 spiro atoms. The van der Waals surface area contributed by atoms with Gasteiger partial charge in [0.05, 0.1) is 18.3 Å². The summed E-state index contributed by atoms with van der Waals surface area (Å²) in [4.78, 5) is 0. The van der Waals surface area contributed by atoms with Crippen molar-refractivity contribution in [1.29, 1.82) is 0 Å². The van der Waals surface area contributed by atoms with E-state index in [0.717, 1.165) is 43.8 Å². The highest BCUT2D eigenvalue weighted by molar-refractivity contribution is 5.45. The fourth-order valence-electron chi connectivity index (χ4n) is 3.63. The van der Waals surface area contributed by atoms with Gasteiger partial charge >= 0.3 is 0 Å². The molecule has 0 saturated carbocycles. The number of hydrogen-bond acceptors (Lipinski definition) is 3. The van der Waals surface area contributed by atoms with Crippen LogP contribution in [0.1, 0.15) is 64.9 Å². The lowest BCUT2D eigenvalue weighted by molar-refractivity contribution is 0.278. The molecule has 3 heteroatoms. The van der Waals surface area contributed by atoms with E-state index in [0.29, 0.717) is 18.6 Å². The van der Waals surface area contributed by atoms with Crippen LogP contribution in [0.25, 0.3) is 0 Å². The molecule has 3 rings (SSSR count). The molecule has 132 valence electrons. The van der Waals surface area contributed by atoms with Gasteiger partial charge in [-0.3, -0.25) is 0 Å². The molecule has 1 fully saturated rings. The van der Waals surface area contributed by atoms with Crippen molar-refractivity contribution in [2.75, 3.05) is 13.2 Å². The minimum Gasteiger partial charge on any atom is -0.493 e. The Hall–Kier alpha value is -1.48. The number of hydrogen-bond donors (Lipinski definition) is 0. The molecule has 2 aliphatic rings. The summed E-state index contributed by atoms with van der Waals surface area (Å²) >= 11 is 0. The summed E-state index contributed by atoms with van der Waals surface area (Å²) in [5.74, 6) is 2.34. The van der Waals surface area contributed by atoms with Crippen molar-refractivity contribution in [3.8, 4) is 11.5 Å². The molecule has 0 N–H and O–H groups in total. The van der Waals surface area contributed by atoms with Gasteiger partial charge in [-0.15, -0.1) is 0 Å². The molecule has 1 saturated heterocycles. The summed E-state index contributed by atoms with van der Waals surface area (Å²) in [5.41, 5.74) is 2.84. The molecule has 1 aromatic carbocycles. The minimum atomic E-state index is 0.179. The van der Waals surface area contributed by atoms with E-state index in [2.05, 4.69) is 39.8 Å². The smallest absolute Gasteiger partial charge is 0.126 e. The van der Waals surface area contributed by atoms with Crippen molar-refractivity contribution < 1.29 is 14.2 Å². The molecule has 0 radical (unpaired) electrons. The SMILES string of the molecule is CCC1(CC)OC1CCC(C)=CCOc1ccc2c(c1)OCC2C. The average Bonchev–Trinajstić information content (AvgIpc) is 3.20. The number of epoxide rings is 1. The van der Waals surface area contributed by atoms with Crippen LogP contribution < -0.4 is 9.47 Å². The van der Waals surface area contributed by atoms with Crippen molar-refractivity contribution in [2.45, 2.75) is 71.0 Å². The van der Waals surface area contributed by atoms with E-state index in [1.165, 1.54) is 11.1 Å². The third-order valence-corrected chi connectivity index (χ3v) is 5.59. The van der Waals surface area contributed by atoms with Crippen molar-refractivity contribution in [1.82, 2.24) is 0 Å². The van der Waals surface area contributed by atoms with Gasteiger partial charge in [0.15, 0.2) is 0 Å². The van der Waals surface area contributed by atoms with Gasteiger partial charge < -0.3 is 14.2 Å². The zero-order valence-corrected chi connectivity index (χ0v) is 15.4. The van der Waals surface area contributed by atoms with Crippen LogP contribution in [0.5, 0.6) is 11.5 Å². The third kappa shape index (κ3) is 3.61. The molecular weight excluding hydrogens is 300 g/mol. The van der Waals surface area contributed by atoms with E-state index >= 15 is 0 Å². The fraction of sp³-hybridized carbons (Fsp3) is 0.619. The van der Waals surface area contributed by atoms with Gasteiger partial charge in [0.25, 0.3) is 0 Å². The second kappa shape index (κ2) is 7.18. The van der Waals surface area contributed by atoms with Gasteiger partial charge in [-0.2, -0.15) is 0 Å². The summed E-state index contributed by atoms with van der Waals surface area (Å²) in [6.45, 7) is 10.2. The van der Waals surface area contributed by atoms with Gasteiger partial charge in [0.2, 0.25) is 0 Å². The maximum absolute atomic E-state index is 5.91. The largest absolute Gasteiger partial charge is 0.493 e. The average molecular weight is 330 g/mol.